The van der Waals surface area contributed by atoms with Crippen molar-refractivity contribution in [2.24, 2.45) is 11.8 Å². The Morgan fingerprint density at radius 2 is 2.00 bits per heavy atom. The first-order valence-corrected chi connectivity index (χ1v) is 7.18. The summed E-state index contributed by atoms with van der Waals surface area (Å²) < 4.78 is 0. The maximum atomic E-state index is 3.47. The summed E-state index contributed by atoms with van der Waals surface area (Å²) in [6.07, 6.45) is 8.57. The normalized spacial score (nSPS) is 35.8. The van der Waals surface area contributed by atoms with Crippen LogP contribution in [0.2, 0.25) is 0 Å². The number of hydrogen-bond donors (Lipinski definition) is 1. The number of nitrogens with one attached hydrogen (secondary N) is 1. The lowest BCUT2D eigenvalue weighted by Crippen LogP contribution is -2.39. The summed E-state index contributed by atoms with van der Waals surface area (Å²) in [7, 11) is 2.34. The van der Waals surface area contributed by atoms with E-state index in [9.17, 15) is 0 Å². The fraction of sp³-hybridized carbons (Fsp3) is 1.00. The van der Waals surface area contributed by atoms with Gasteiger partial charge in [-0.3, -0.25) is 0 Å². The predicted octanol–water partition coefficient (Wildman–Crippen LogP) is 2.50. The molecular formula is C14H28N2. The van der Waals surface area contributed by atoms with Crippen LogP contribution < -0.4 is 5.32 Å². The smallest absolute Gasteiger partial charge is 0.0118 e. The topological polar surface area (TPSA) is 15.3 Å². The van der Waals surface area contributed by atoms with E-state index >= 15 is 0 Å². The van der Waals surface area contributed by atoms with Gasteiger partial charge in [0.15, 0.2) is 0 Å². The summed E-state index contributed by atoms with van der Waals surface area (Å²) in [6.45, 7) is 6.25. The second-order valence-electron chi connectivity index (χ2n) is 5.96. The first-order valence-electron chi connectivity index (χ1n) is 7.18. The summed E-state index contributed by atoms with van der Waals surface area (Å²) in [6, 6.07) is 0.864. The first kappa shape index (κ1) is 12.4. The molecule has 0 radical (unpaired) electrons. The van der Waals surface area contributed by atoms with Gasteiger partial charge in [0.05, 0.1) is 0 Å². The molecule has 16 heavy (non-hydrogen) atoms. The van der Waals surface area contributed by atoms with Gasteiger partial charge in [-0.1, -0.05) is 19.8 Å². The lowest BCUT2D eigenvalue weighted by atomic mass is 9.85. The largest absolute Gasteiger partial charge is 0.316 e. The summed E-state index contributed by atoms with van der Waals surface area (Å²) in [5, 5.41) is 3.47. The van der Waals surface area contributed by atoms with Crippen LogP contribution in [0.15, 0.2) is 0 Å². The van der Waals surface area contributed by atoms with Crippen LogP contribution in [-0.4, -0.2) is 37.6 Å². The molecule has 2 heteroatoms. The van der Waals surface area contributed by atoms with Crippen molar-refractivity contribution in [3.05, 3.63) is 0 Å². The molecule has 1 saturated carbocycles. The average Bonchev–Trinajstić information content (AvgIpc) is 2.79. The van der Waals surface area contributed by atoms with Crippen LogP contribution in [0, 0.1) is 11.8 Å². The Hall–Kier alpha value is -0.0800. The lowest BCUT2D eigenvalue weighted by molar-refractivity contribution is 0.133. The standard InChI is InChI=1S/C14H28N2/c1-12-5-3-4-6-14(12)16(2)10-8-13-7-9-15-11-13/h12-15H,3-11H2,1-2H3. The van der Waals surface area contributed by atoms with Gasteiger partial charge in [0.2, 0.25) is 0 Å². The van der Waals surface area contributed by atoms with E-state index in [4.69, 9.17) is 0 Å². The second-order valence-corrected chi connectivity index (χ2v) is 5.96. The van der Waals surface area contributed by atoms with Crippen LogP contribution in [0.1, 0.15) is 45.4 Å². The van der Waals surface area contributed by atoms with E-state index in [0.29, 0.717) is 0 Å². The quantitative estimate of drug-likeness (QED) is 0.789. The van der Waals surface area contributed by atoms with Crippen molar-refractivity contribution in [3.8, 4) is 0 Å². The van der Waals surface area contributed by atoms with Gasteiger partial charge >= 0.3 is 0 Å². The lowest BCUT2D eigenvalue weighted by Gasteiger charge is -2.36. The van der Waals surface area contributed by atoms with Crippen molar-refractivity contribution >= 4 is 0 Å². The van der Waals surface area contributed by atoms with Crippen LogP contribution in [-0.2, 0) is 0 Å². The average molecular weight is 224 g/mol. The van der Waals surface area contributed by atoms with E-state index in [0.717, 1.165) is 17.9 Å². The van der Waals surface area contributed by atoms with Gasteiger partial charge in [0.25, 0.3) is 0 Å². The molecule has 1 aliphatic heterocycles. The van der Waals surface area contributed by atoms with E-state index in [1.54, 1.807) is 0 Å². The third kappa shape index (κ3) is 3.21. The number of rotatable bonds is 4. The van der Waals surface area contributed by atoms with Gasteiger partial charge in [-0.25, -0.2) is 0 Å². The Bertz CT molecular complexity index is 199. The van der Waals surface area contributed by atoms with Gasteiger partial charge < -0.3 is 10.2 Å². The van der Waals surface area contributed by atoms with Crippen LogP contribution >= 0.6 is 0 Å². The van der Waals surface area contributed by atoms with Crippen LogP contribution in [0.25, 0.3) is 0 Å². The molecule has 3 atom stereocenters. The molecule has 2 fully saturated rings. The van der Waals surface area contributed by atoms with Crippen molar-refractivity contribution in [3.63, 3.8) is 0 Å². The minimum absolute atomic E-state index is 0.864. The SMILES string of the molecule is CC1CCCCC1N(C)CCC1CCNC1. The molecule has 0 spiro atoms. The zero-order valence-electron chi connectivity index (χ0n) is 11.0. The monoisotopic (exact) mass is 224 g/mol. The summed E-state index contributed by atoms with van der Waals surface area (Å²) in [4.78, 5) is 2.64. The fourth-order valence-electron chi connectivity index (χ4n) is 3.46. The molecule has 94 valence electrons. The third-order valence-electron chi connectivity index (χ3n) is 4.68. The predicted molar refractivity (Wildman–Crippen MR) is 69.6 cm³/mol. The van der Waals surface area contributed by atoms with Crippen LogP contribution in [0.5, 0.6) is 0 Å². The van der Waals surface area contributed by atoms with E-state index in [-0.39, 0.29) is 0 Å². The molecule has 0 aromatic heterocycles. The fourth-order valence-corrected chi connectivity index (χ4v) is 3.46. The Morgan fingerprint density at radius 1 is 1.19 bits per heavy atom. The molecule has 1 saturated heterocycles. The van der Waals surface area contributed by atoms with Gasteiger partial charge in [-0.05, 0) is 64.2 Å². The van der Waals surface area contributed by atoms with Crippen LogP contribution in [0.4, 0.5) is 0 Å². The van der Waals surface area contributed by atoms with Crippen LogP contribution in [0.3, 0.4) is 0 Å². The molecule has 1 N–H and O–H groups in total. The van der Waals surface area contributed by atoms with E-state index < -0.39 is 0 Å². The highest BCUT2D eigenvalue weighted by atomic mass is 15.1. The number of hydrogen-bond acceptors (Lipinski definition) is 2. The molecule has 0 aromatic carbocycles. The summed E-state index contributed by atoms with van der Waals surface area (Å²) >= 11 is 0. The minimum Gasteiger partial charge on any atom is -0.316 e. The van der Waals surface area contributed by atoms with Crippen molar-refractivity contribution in [1.29, 1.82) is 0 Å². The minimum atomic E-state index is 0.864. The van der Waals surface area contributed by atoms with Gasteiger partial charge in [-0.15, -0.1) is 0 Å². The molecule has 0 aromatic rings. The highest BCUT2D eigenvalue weighted by Crippen LogP contribution is 2.27. The Kier molecular flexibility index (Phi) is 4.66. The van der Waals surface area contributed by atoms with Crippen molar-refractivity contribution in [2.75, 3.05) is 26.7 Å². The Morgan fingerprint density at radius 3 is 2.69 bits per heavy atom. The molecule has 0 bridgehead atoms. The molecule has 1 heterocycles. The number of nitrogens with zero attached hydrogens (tertiary/aromatic N) is 1. The zero-order chi connectivity index (χ0) is 11.4. The first-order chi connectivity index (χ1) is 7.77. The van der Waals surface area contributed by atoms with Gasteiger partial charge in [0, 0.05) is 6.04 Å². The van der Waals surface area contributed by atoms with E-state index in [1.165, 1.54) is 58.2 Å². The zero-order valence-corrected chi connectivity index (χ0v) is 11.0. The summed E-state index contributed by atoms with van der Waals surface area (Å²) in [5.74, 6) is 1.86. The molecule has 2 rings (SSSR count). The van der Waals surface area contributed by atoms with E-state index in [1.807, 2.05) is 0 Å². The molecule has 2 aliphatic rings. The van der Waals surface area contributed by atoms with Crippen molar-refractivity contribution in [1.82, 2.24) is 10.2 Å². The molecule has 1 aliphatic carbocycles. The Labute approximate surface area is 101 Å². The maximum absolute atomic E-state index is 3.47. The van der Waals surface area contributed by atoms with E-state index in [2.05, 4.69) is 24.2 Å². The maximum Gasteiger partial charge on any atom is 0.0118 e. The van der Waals surface area contributed by atoms with Crippen molar-refractivity contribution < 1.29 is 0 Å². The van der Waals surface area contributed by atoms with Crippen molar-refractivity contribution in [2.45, 2.75) is 51.5 Å². The highest BCUT2D eigenvalue weighted by Gasteiger charge is 2.25. The molecule has 2 nitrogen and oxygen atoms in total. The Balaban J connectivity index is 1.71. The van der Waals surface area contributed by atoms with Gasteiger partial charge in [-0.2, -0.15) is 0 Å². The molecule has 3 unspecified atom stereocenters. The third-order valence-corrected chi connectivity index (χ3v) is 4.68. The second kappa shape index (κ2) is 6.02. The van der Waals surface area contributed by atoms with Gasteiger partial charge in [0.1, 0.15) is 0 Å². The summed E-state index contributed by atoms with van der Waals surface area (Å²) in [5.41, 5.74) is 0. The highest BCUT2D eigenvalue weighted by molar-refractivity contribution is 4.80. The molecular weight excluding hydrogens is 196 g/mol. The molecule has 0 amide bonds.